The van der Waals surface area contributed by atoms with Crippen molar-refractivity contribution >= 4 is 33.7 Å². The van der Waals surface area contributed by atoms with Gasteiger partial charge in [0.05, 0.1) is 29.3 Å². The van der Waals surface area contributed by atoms with Crippen LogP contribution in [0.2, 0.25) is 0 Å². The van der Waals surface area contributed by atoms with Crippen LogP contribution >= 0.6 is 15.9 Å². The van der Waals surface area contributed by atoms with Crippen molar-refractivity contribution in [3.05, 3.63) is 62.1 Å². The highest BCUT2D eigenvalue weighted by molar-refractivity contribution is 9.10. The molecule has 0 bridgehead atoms. The van der Waals surface area contributed by atoms with Crippen molar-refractivity contribution in [3.63, 3.8) is 0 Å². The van der Waals surface area contributed by atoms with Gasteiger partial charge in [-0.2, -0.15) is 5.10 Å². The molecule has 0 saturated carbocycles. The van der Waals surface area contributed by atoms with Crippen molar-refractivity contribution in [2.75, 3.05) is 13.7 Å². The Morgan fingerprint density at radius 3 is 2.71 bits per heavy atom. The van der Waals surface area contributed by atoms with Crippen LogP contribution in [-0.2, 0) is 4.79 Å². The lowest BCUT2D eigenvalue weighted by molar-refractivity contribution is -0.385. The van der Waals surface area contributed by atoms with Gasteiger partial charge in [0.2, 0.25) is 5.91 Å². The molecule has 0 aliphatic carbocycles. The van der Waals surface area contributed by atoms with Crippen LogP contribution in [0.4, 0.5) is 5.69 Å². The number of hydrogen-bond donors (Lipinski definition) is 1. The van der Waals surface area contributed by atoms with E-state index in [-0.39, 0.29) is 23.8 Å². The predicted octanol–water partition coefficient (Wildman–Crippen LogP) is 3.98. The smallest absolute Gasteiger partial charge is 0.311 e. The Kier molecular flexibility index (Phi) is 7.94. The molecular weight excluding hydrogens is 430 g/mol. The van der Waals surface area contributed by atoms with Gasteiger partial charge in [0.15, 0.2) is 5.75 Å². The van der Waals surface area contributed by atoms with E-state index in [0.717, 1.165) is 15.8 Å². The third kappa shape index (κ3) is 6.34. The quantitative estimate of drug-likeness (QED) is 0.269. The lowest BCUT2D eigenvalue weighted by Crippen LogP contribution is -2.18. The summed E-state index contributed by atoms with van der Waals surface area (Å²) >= 11 is 3.43. The highest BCUT2D eigenvalue weighted by Crippen LogP contribution is 2.27. The molecule has 0 unspecified atom stereocenters. The SMILES string of the molecule is COc1ccc(/C=N/NC(=O)CCCOc2ccc(C)cc2Br)cc1[N+](=O)[O-]. The largest absolute Gasteiger partial charge is 0.492 e. The summed E-state index contributed by atoms with van der Waals surface area (Å²) in [5.74, 6) is 0.613. The number of amides is 1. The van der Waals surface area contributed by atoms with Gasteiger partial charge in [-0.3, -0.25) is 14.9 Å². The first kappa shape index (κ1) is 21.4. The number of aryl methyl sites for hydroxylation is 1. The molecule has 0 saturated heterocycles. The van der Waals surface area contributed by atoms with E-state index in [4.69, 9.17) is 9.47 Å². The number of carbonyl (C=O) groups is 1. The predicted molar refractivity (Wildman–Crippen MR) is 109 cm³/mol. The minimum atomic E-state index is -0.541. The Morgan fingerprint density at radius 1 is 1.29 bits per heavy atom. The number of nitrogens with one attached hydrogen (secondary N) is 1. The first-order valence-electron chi connectivity index (χ1n) is 8.44. The number of rotatable bonds is 9. The highest BCUT2D eigenvalue weighted by atomic mass is 79.9. The van der Waals surface area contributed by atoms with Gasteiger partial charge in [0.1, 0.15) is 5.75 Å². The average molecular weight is 450 g/mol. The van der Waals surface area contributed by atoms with Crippen molar-refractivity contribution in [2.45, 2.75) is 19.8 Å². The maximum absolute atomic E-state index is 11.8. The lowest BCUT2D eigenvalue weighted by atomic mass is 10.2. The Balaban J connectivity index is 1.77. The number of nitrogens with zero attached hydrogens (tertiary/aromatic N) is 2. The normalized spacial score (nSPS) is 10.7. The molecule has 28 heavy (non-hydrogen) atoms. The number of methoxy groups -OCH3 is 1. The molecule has 1 N–H and O–H groups in total. The topological polar surface area (TPSA) is 103 Å². The van der Waals surface area contributed by atoms with E-state index in [9.17, 15) is 14.9 Å². The van der Waals surface area contributed by atoms with E-state index < -0.39 is 4.92 Å². The van der Waals surface area contributed by atoms with Crippen LogP contribution in [0.1, 0.15) is 24.0 Å². The fourth-order valence-electron chi connectivity index (χ4n) is 2.30. The summed E-state index contributed by atoms with van der Waals surface area (Å²) in [7, 11) is 1.36. The van der Waals surface area contributed by atoms with E-state index in [1.807, 2.05) is 25.1 Å². The molecule has 0 fully saturated rings. The number of ether oxygens (including phenoxy) is 2. The fourth-order valence-corrected chi connectivity index (χ4v) is 2.91. The second kappa shape index (κ2) is 10.4. The molecule has 8 nitrogen and oxygen atoms in total. The maximum atomic E-state index is 11.8. The minimum Gasteiger partial charge on any atom is -0.492 e. The van der Waals surface area contributed by atoms with Gasteiger partial charge in [0.25, 0.3) is 0 Å². The van der Waals surface area contributed by atoms with Crippen molar-refractivity contribution in [1.82, 2.24) is 5.43 Å². The second-order valence-corrected chi connectivity index (χ2v) is 6.72. The van der Waals surface area contributed by atoms with Crippen LogP contribution < -0.4 is 14.9 Å². The summed E-state index contributed by atoms with van der Waals surface area (Å²) in [4.78, 5) is 22.3. The molecule has 9 heteroatoms. The summed E-state index contributed by atoms with van der Waals surface area (Å²) < 4.78 is 11.4. The van der Waals surface area contributed by atoms with Gasteiger partial charge < -0.3 is 9.47 Å². The zero-order valence-corrected chi connectivity index (χ0v) is 17.1. The maximum Gasteiger partial charge on any atom is 0.311 e. The number of nitro groups is 1. The average Bonchev–Trinajstić information content (AvgIpc) is 2.66. The number of hydrogen-bond acceptors (Lipinski definition) is 6. The first-order chi connectivity index (χ1) is 13.4. The van der Waals surface area contributed by atoms with Crippen LogP contribution in [-0.4, -0.2) is 30.8 Å². The summed E-state index contributed by atoms with van der Waals surface area (Å²) in [6, 6.07) is 10.2. The van der Waals surface area contributed by atoms with Gasteiger partial charge in [-0.25, -0.2) is 5.43 Å². The van der Waals surface area contributed by atoms with E-state index in [0.29, 0.717) is 18.6 Å². The molecule has 0 radical (unpaired) electrons. The molecule has 2 aromatic rings. The van der Waals surface area contributed by atoms with Gasteiger partial charge >= 0.3 is 5.69 Å². The van der Waals surface area contributed by atoms with Crippen molar-refractivity contribution < 1.29 is 19.2 Å². The second-order valence-electron chi connectivity index (χ2n) is 5.87. The molecule has 0 heterocycles. The van der Waals surface area contributed by atoms with Crippen LogP contribution in [0.3, 0.4) is 0 Å². The Bertz CT molecular complexity index is 886. The Morgan fingerprint density at radius 2 is 2.04 bits per heavy atom. The van der Waals surface area contributed by atoms with E-state index in [2.05, 4.69) is 26.5 Å². The lowest BCUT2D eigenvalue weighted by Gasteiger charge is -2.08. The first-order valence-corrected chi connectivity index (χ1v) is 9.23. The van der Waals surface area contributed by atoms with Crippen molar-refractivity contribution in [1.29, 1.82) is 0 Å². The van der Waals surface area contributed by atoms with Gasteiger partial charge in [0, 0.05) is 18.1 Å². The van der Waals surface area contributed by atoms with Crippen LogP contribution in [0, 0.1) is 17.0 Å². The van der Waals surface area contributed by atoms with Crippen LogP contribution in [0.25, 0.3) is 0 Å². The molecule has 2 rings (SSSR count). The summed E-state index contributed by atoms with van der Waals surface area (Å²) in [5.41, 5.74) is 3.82. The highest BCUT2D eigenvalue weighted by Gasteiger charge is 2.14. The summed E-state index contributed by atoms with van der Waals surface area (Å²) in [5, 5.41) is 14.8. The molecule has 1 amide bonds. The third-order valence-electron chi connectivity index (χ3n) is 3.70. The number of nitro benzene ring substituents is 1. The van der Waals surface area contributed by atoms with Crippen LogP contribution in [0.15, 0.2) is 46.0 Å². The Labute approximate surface area is 170 Å². The van der Waals surface area contributed by atoms with E-state index in [1.54, 1.807) is 6.07 Å². The number of benzene rings is 2. The molecule has 0 spiro atoms. The number of carbonyl (C=O) groups excluding carboxylic acids is 1. The third-order valence-corrected chi connectivity index (χ3v) is 4.32. The van der Waals surface area contributed by atoms with Crippen LogP contribution in [0.5, 0.6) is 11.5 Å². The zero-order chi connectivity index (χ0) is 20.5. The molecule has 0 atom stereocenters. The molecule has 2 aromatic carbocycles. The molecular formula is C19H20BrN3O5. The summed E-state index contributed by atoms with van der Waals surface area (Å²) in [6.45, 7) is 2.38. The van der Waals surface area contributed by atoms with E-state index >= 15 is 0 Å². The Hall–Kier alpha value is -2.94. The van der Waals surface area contributed by atoms with Crippen molar-refractivity contribution in [2.24, 2.45) is 5.10 Å². The number of halogens is 1. The molecule has 0 aromatic heterocycles. The summed E-state index contributed by atoms with van der Waals surface area (Å²) in [6.07, 6.45) is 2.10. The fraction of sp³-hybridized carbons (Fsp3) is 0.263. The number of hydrazone groups is 1. The van der Waals surface area contributed by atoms with Crippen molar-refractivity contribution in [3.8, 4) is 11.5 Å². The van der Waals surface area contributed by atoms with Gasteiger partial charge in [-0.15, -0.1) is 0 Å². The standard InChI is InChI=1S/C19H20BrN3O5/c1-13-5-7-17(15(20)10-13)28-9-3-4-19(24)22-21-12-14-6-8-18(27-2)16(11-14)23(25)26/h5-8,10-12H,3-4,9H2,1-2H3,(H,22,24)/b21-12+. The molecule has 148 valence electrons. The van der Waals surface area contributed by atoms with Gasteiger partial charge in [-0.1, -0.05) is 6.07 Å². The minimum absolute atomic E-state index is 0.159. The molecule has 0 aliphatic heterocycles. The van der Waals surface area contributed by atoms with E-state index in [1.165, 1.54) is 25.5 Å². The van der Waals surface area contributed by atoms with Gasteiger partial charge in [-0.05, 0) is 59.1 Å². The zero-order valence-electron chi connectivity index (χ0n) is 15.5. The monoisotopic (exact) mass is 449 g/mol. The molecule has 0 aliphatic rings.